The molecule has 1 aromatic carbocycles. The summed E-state index contributed by atoms with van der Waals surface area (Å²) in [6.45, 7) is 2.51. The van der Waals surface area contributed by atoms with Crippen LogP contribution in [0.25, 0.3) is 16.0 Å². The molecule has 4 rings (SSSR count). The topological polar surface area (TPSA) is 75.1 Å². The summed E-state index contributed by atoms with van der Waals surface area (Å²) in [5, 5.41) is 4.91. The number of aromatic amines is 1. The van der Waals surface area contributed by atoms with Gasteiger partial charge in [-0.25, -0.2) is 9.97 Å². The van der Waals surface area contributed by atoms with E-state index in [1.165, 1.54) is 11.3 Å². The van der Waals surface area contributed by atoms with Gasteiger partial charge in [0.15, 0.2) is 4.96 Å². The zero-order valence-electron chi connectivity index (χ0n) is 12.5. The van der Waals surface area contributed by atoms with E-state index < -0.39 is 0 Å². The lowest BCUT2D eigenvalue weighted by molar-refractivity contribution is 0.0949. The lowest BCUT2D eigenvalue weighted by Crippen LogP contribution is -2.26. The second-order valence-electron chi connectivity index (χ2n) is 5.36. The largest absolute Gasteiger partial charge is 0.350 e. The van der Waals surface area contributed by atoms with Crippen molar-refractivity contribution < 1.29 is 4.79 Å². The fourth-order valence-corrected chi connectivity index (χ4v) is 3.36. The summed E-state index contributed by atoms with van der Waals surface area (Å²) in [7, 11) is 0. The van der Waals surface area contributed by atoms with Gasteiger partial charge in [-0.2, -0.15) is 0 Å². The number of nitrogens with zero attached hydrogens (tertiary/aromatic N) is 3. The second-order valence-corrected chi connectivity index (χ2v) is 6.20. The van der Waals surface area contributed by atoms with E-state index in [9.17, 15) is 4.79 Å². The Morgan fingerprint density at radius 2 is 2.22 bits per heavy atom. The number of aryl methyl sites for hydroxylation is 1. The molecule has 2 N–H and O–H groups in total. The first-order valence-electron chi connectivity index (χ1n) is 7.36. The van der Waals surface area contributed by atoms with Gasteiger partial charge in [-0.05, 0) is 19.1 Å². The molecule has 3 heterocycles. The highest BCUT2D eigenvalue weighted by molar-refractivity contribution is 7.15. The minimum Gasteiger partial charge on any atom is -0.350 e. The van der Waals surface area contributed by atoms with Crippen molar-refractivity contribution in [1.82, 2.24) is 24.7 Å². The Bertz CT molecular complexity index is 963. The maximum Gasteiger partial charge on any atom is 0.271 e. The van der Waals surface area contributed by atoms with Crippen LogP contribution in [0.15, 0.2) is 35.8 Å². The van der Waals surface area contributed by atoms with Crippen LogP contribution < -0.4 is 5.32 Å². The SMILES string of the molecule is Cc1csc2nc(C(=O)NCCc3nc4ccccc4[nH]3)cn12. The van der Waals surface area contributed by atoms with Gasteiger partial charge < -0.3 is 10.3 Å². The smallest absolute Gasteiger partial charge is 0.271 e. The highest BCUT2D eigenvalue weighted by Gasteiger charge is 2.12. The molecule has 0 fully saturated rings. The summed E-state index contributed by atoms with van der Waals surface area (Å²) in [5.74, 6) is 0.713. The quantitative estimate of drug-likeness (QED) is 0.605. The molecule has 0 atom stereocenters. The number of rotatable bonds is 4. The Morgan fingerprint density at radius 3 is 3.04 bits per heavy atom. The molecule has 0 aliphatic rings. The molecular formula is C16H15N5OS. The predicted molar refractivity (Wildman–Crippen MR) is 89.9 cm³/mol. The van der Waals surface area contributed by atoms with E-state index in [-0.39, 0.29) is 5.91 Å². The fraction of sp³-hybridized carbons (Fsp3) is 0.188. The summed E-state index contributed by atoms with van der Waals surface area (Å²) in [4.78, 5) is 25.1. The number of hydrogen-bond acceptors (Lipinski definition) is 4. The van der Waals surface area contributed by atoms with E-state index in [0.717, 1.165) is 27.5 Å². The van der Waals surface area contributed by atoms with Crippen LogP contribution in [0.5, 0.6) is 0 Å². The van der Waals surface area contributed by atoms with Gasteiger partial charge >= 0.3 is 0 Å². The van der Waals surface area contributed by atoms with Crippen LogP contribution in [0.4, 0.5) is 0 Å². The monoisotopic (exact) mass is 325 g/mol. The third kappa shape index (κ3) is 2.59. The summed E-state index contributed by atoms with van der Waals surface area (Å²) in [6, 6.07) is 7.89. The van der Waals surface area contributed by atoms with E-state index in [1.807, 2.05) is 41.0 Å². The number of benzene rings is 1. The summed E-state index contributed by atoms with van der Waals surface area (Å²) in [6.07, 6.45) is 2.43. The molecule has 0 bridgehead atoms. The molecule has 3 aromatic heterocycles. The average molecular weight is 325 g/mol. The third-order valence-corrected chi connectivity index (χ3v) is 4.66. The van der Waals surface area contributed by atoms with Crippen LogP contribution in [-0.4, -0.2) is 31.8 Å². The van der Waals surface area contributed by atoms with E-state index in [2.05, 4.69) is 20.3 Å². The van der Waals surface area contributed by atoms with Crippen LogP contribution in [0.3, 0.4) is 0 Å². The van der Waals surface area contributed by atoms with Gasteiger partial charge in [-0.1, -0.05) is 12.1 Å². The van der Waals surface area contributed by atoms with Gasteiger partial charge in [0.2, 0.25) is 0 Å². The van der Waals surface area contributed by atoms with Crippen molar-refractivity contribution in [1.29, 1.82) is 0 Å². The Labute approximate surface area is 136 Å². The standard InChI is InChI=1S/C16H15N5OS/c1-10-9-23-16-20-13(8-21(10)16)15(22)17-7-6-14-18-11-4-2-3-5-12(11)19-14/h2-5,8-9H,6-7H2,1H3,(H,17,22)(H,18,19). The lowest BCUT2D eigenvalue weighted by Gasteiger charge is -2.00. The van der Waals surface area contributed by atoms with Crippen molar-refractivity contribution in [2.45, 2.75) is 13.3 Å². The number of hydrogen-bond donors (Lipinski definition) is 2. The Balaban J connectivity index is 1.41. The molecule has 4 aromatic rings. The number of aromatic nitrogens is 4. The number of para-hydroxylation sites is 2. The van der Waals surface area contributed by atoms with Crippen LogP contribution in [0.1, 0.15) is 22.0 Å². The maximum atomic E-state index is 12.2. The summed E-state index contributed by atoms with van der Waals surface area (Å²) < 4.78 is 1.93. The number of fused-ring (bicyclic) bond motifs is 2. The van der Waals surface area contributed by atoms with Gasteiger partial charge in [-0.3, -0.25) is 9.20 Å². The van der Waals surface area contributed by atoms with Gasteiger partial charge in [-0.15, -0.1) is 11.3 Å². The molecule has 0 radical (unpaired) electrons. The molecule has 6 nitrogen and oxygen atoms in total. The van der Waals surface area contributed by atoms with E-state index in [1.54, 1.807) is 6.20 Å². The Hall–Kier alpha value is -2.67. The minimum absolute atomic E-state index is 0.156. The van der Waals surface area contributed by atoms with E-state index in [4.69, 9.17) is 0 Å². The second kappa shape index (κ2) is 5.51. The zero-order valence-corrected chi connectivity index (χ0v) is 13.4. The van der Waals surface area contributed by atoms with Gasteiger partial charge in [0.1, 0.15) is 11.5 Å². The van der Waals surface area contributed by atoms with Crippen molar-refractivity contribution in [2.75, 3.05) is 6.54 Å². The summed E-state index contributed by atoms with van der Waals surface area (Å²) in [5.41, 5.74) is 3.49. The van der Waals surface area contributed by atoms with Crippen molar-refractivity contribution in [3.8, 4) is 0 Å². The number of nitrogens with one attached hydrogen (secondary N) is 2. The average Bonchev–Trinajstić information content (AvgIpc) is 3.22. The Kier molecular flexibility index (Phi) is 3.34. The van der Waals surface area contributed by atoms with Crippen LogP contribution in [0, 0.1) is 6.92 Å². The molecule has 1 amide bonds. The first-order valence-corrected chi connectivity index (χ1v) is 8.24. The number of carbonyl (C=O) groups is 1. The van der Waals surface area contributed by atoms with Gasteiger partial charge in [0, 0.05) is 30.2 Å². The van der Waals surface area contributed by atoms with Crippen LogP contribution in [-0.2, 0) is 6.42 Å². The highest BCUT2D eigenvalue weighted by atomic mass is 32.1. The minimum atomic E-state index is -0.156. The lowest BCUT2D eigenvalue weighted by atomic mass is 10.3. The first-order chi connectivity index (χ1) is 11.2. The van der Waals surface area contributed by atoms with Crippen molar-refractivity contribution in [2.24, 2.45) is 0 Å². The third-order valence-electron chi connectivity index (χ3n) is 3.71. The van der Waals surface area contributed by atoms with Crippen molar-refractivity contribution >= 4 is 33.2 Å². The molecule has 23 heavy (non-hydrogen) atoms. The number of imidazole rings is 2. The molecular weight excluding hydrogens is 310 g/mol. The molecule has 0 saturated carbocycles. The predicted octanol–water partition coefficient (Wildman–Crippen LogP) is 2.55. The molecule has 0 saturated heterocycles. The first kappa shape index (κ1) is 14.0. The summed E-state index contributed by atoms with van der Waals surface area (Å²) >= 11 is 1.53. The highest BCUT2D eigenvalue weighted by Crippen LogP contribution is 2.15. The molecule has 0 unspecified atom stereocenters. The maximum absolute atomic E-state index is 12.2. The fourth-order valence-electron chi connectivity index (χ4n) is 2.51. The van der Waals surface area contributed by atoms with E-state index in [0.29, 0.717) is 18.7 Å². The molecule has 7 heteroatoms. The van der Waals surface area contributed by atoms with Crippen molar-refractivity contribution in [3.05, 3.63) is 53.1 Å². The molecule has 0 aliphatic carbocycles. The van der Waals surface area contributed by atoms with Crippen molar-refractivity contribution in [3.63, 3.8) is 0 Å². The Morgan fingerprint density at radius 1 is 1.35 bits per heavy atom. The number of carbonyl (C=O) groups excluding carboxylic acids is 1. The van der Waals surface area contributed by atoms with Crippen LogP contribution in [0.2, 0.25) is 0 Å². The van der Waals surface area contributed by atoms with Crippen LogP contribution >= 0.6 is 11.3 Å². The number of H-pyrrole nitrogens is 1. The molecule has 0 spiro atoms. The zero-order chi connectivity index (χ0) is 15.8. The van der Waals surface area contributed by atoms with E-state index >= 15 is 0 Å². The normalized spacial score (nSPS) is 11.3. The number of thiazole rings is 1. The molecule has 0 aliphatic heterocycles. The number of amides is 1. The van der Waals surface area contributed by atoms with Gasteiger partial charge in [0.05, 0.1) is 11.0 Å². The van der Waals surface area contributed by atoms with Gasteiger partial charge in [0.25, 0.3) is 5.91 Å². The molecule has 116 valence electrons.